The Balaban J connectivity index is 1.82. The van der Waals surface area contributed by atoms with E-state index >= 15 is 0 Å². The highest BCUT2D eigenvalue weighted by atomic mass is 16.2. The molecule has 7 heteroatoms. The summed E-state index contributed by atoms with van der Waals surface area (Å²) in [6, 6.07) is 9.11. The summed E-state index contributed by atoms with van der Waals surface area (Å²) in [6.45, 7) is 4.87. The summed E-state index contributed by atoms with van der Waals surface area (Å²) in [4.78, 5) is 39.1. The first-order chi connectivity index (χ1) is 12.7. The number of fused-ring (bicyclic) bond motifs is 2. The van der Waals surface area contributed by atoms with Crippen LogP contribution in [-0.2, 0) is 21.5 Å². The lowest BCUT2D eigenvalue weighted by molar-refractivity contribution is -0.136. The lowest BCUT2D eigenvalue weighted by Gasteiger charge is -2.33. The number of hydrogen-bond donors (Lipinski definition) is 2. The monoisotopic (exact) mass is 368 g/mol. The molecule has 1 heterocycles. The Morgan fingerprint density at radius 2 is 2.11 bits per heavy atom. The van der Waals surface area contributed by atoms with Crippen molar-refractivity contribution in [1.82, 2.24) is 15.5 Å². The number of nitrogens with one attached hydrogen (secondary N) is 2. The fourth-order valence-corrected chi connectivity index (χ4v) is 3.73. The van der Waals surface area contributed by atoms with Gasteiger partial charge in [0.15, 0.2) is 0 Å². The molecule has 0 radical (unpaired) electrons. The average Bonchev–Trinajstić information content (AvgIpc) is 2.86. The van der Waals surface area contributed by atoms with Gasteiger partial charge in [0.1, 0.15) is 17.6 Å². The molecule has 1 aromatic carbocycles. The Morgan fingerprint density at radius 1 is 1.41 bits per heavy atom. The first-order valence-corrected chi connectivity index (χ1v) is 9.18. The van der Waals surface area contributed by atoms with Crippen LogP contribution < -0.4 is 10.6 Å². The zero-order valence-electron chi connectivity index (χ0n) is 15.8. The third-order valence-corrected chi connectivity index (χ3v) is 5.74. The summed E-state index contributed by atoms with van der Waals surface area (Å²) in [5, 5.41) is 14.8. The predicted molar refractivity (Wildman–Crippen MR) is 98.3 cm³/mol. The number of amides is 4. The van der Waals surface area contributed by atoms with Crippen molar-refractivity contribution in [3.63, 3.8) is 0 Å². The van der Waals surface area contributed by atoms with Crippen LogP contribution in [0.1, 0.15) is 44.7 Å². The molecule has 142 valence electrons. The molecule has 7 nitrogen and oxygen atoms in total. The van der Waals surface area contributed by atoms with Crippen molar-refractivity contribution in [2.75, 3.05) is 6.54 Å². The lowest BCUT2D eigenvalue weighted by Crippen LogP contribution is -2.53. The molecule has 4 amide bonds. The number of carbonyl (C=O) groups is 3. The second kappa shape index (κ2) is 6.69. The highest BCUT2D eigenvalue weighted by molar-refractivity contribution is 6.09. The van der Waals surface area contributed by atoms with Gasteiger partial charge in [0, 0.05) is 0 Å². The molecule has 1 aromatic rings. The second-order valence-electron chi connectivity index (χ2n) is 7.75. The Kier molecular flexibility index (Phi) is 4.68. The molecule has 27 heavy (non-hydrogen) atoms. The number of nitrogens with zero attached hydrogens (tertiary/aromatic N) is 2. The van der Waals surface area contributed by atoms with Crippen molar-refractivity contribution in [2.45, 2.75) is 51.1 Å². The van der Waals surface area contributed by atoms with E-state index in [0.717, 1.165) is 28.9 Å². The number of hydrogen-bond acceptors (Lipinski definition) is 4. The van der Waals surface area contributed by atoms with Crippen LogP contribution in [0.15, 0.2) is 24.3 Å². The van der Waals surface area contributed by atoms with Crippen LogP contribution in [0.2, 0.25) is 0 Å². The van der Waals surface area contributed by atoms with Gasteiger partial charge in [0.25, 0.3) is 5.91 Å². The van der Waals surface area contributed by atoms with Crippen LogP contribution in [0.4, 0.5) is 4.79 Å². The smallest absolute Gasteiger partial charge is 0.325 e. The van der Waals surface area contributed by atoms with Crippen molar-refractivity contribution in [3.8, 4) is 6.07 Å². The van der Waals surface area contributed by atoms with E-state index in [0.29, 0.717) is 6.42 Å². The molecule has 2 aliphatic rings. The average molecular weight is 368 g/mol. The first kappa shape index (κ1) is 18.9. The van der Waals surface area contributed by atoms with Crippen molar-refractivity contribution in [3.05, 3.63) is 35.4 Å². The molecular formula is C20H24N4O3. The number of carbonyl (C=O) groups excluding carboxylic acids is 3. The number of benzene rings is 1. The van der Waals surface area contributed by atoms with Gasteiger partial charge in [-0.15, -0.1) is 0 Å². The minimum atomic E-state index is -1.09. The van der Waals surface area contributed by atoms with E-state index in [1.54, 1.807) is 6.92 Å². The SMILES string of the molecule is CC(C)[C@](C)(C#N)NC(=O)CN1C(=O)N[C@@]2(CCCc3ccccc32)C1=O. The van der Waals surface area contributed by atoms with E-state index in [9.17, 15) is 19.6 Å². The van der Waals surface area contributed by atoms with E-state index < -0.39 is 35.5 Å². The molecule has 0 unspecified atom stereocenters. The Morgan fingerprint density at radius 3 is 2.78 bits per heavy atom. The zero-order chi connectivity index (χ0) is 19.8. The molecule has 1 saturated heterocycles. The maximum absolute atomic E-state index is 13.2. The van der Waals surface area contributed by atoms with Gasteiger partial charge in [-0.3, -0.25) is 14.5 Å². The third kappa shape index (κ3) is 3.05. The summed E-state index contributed by atoms with van der Waals surface area (Å²) in [5.74, 6) is -1.05. The van der Waals surface area contributed by atoms with E-state index in [-0.39, 0.29) is 5.92 Å². The van der Waals surface area contributed by atoms with Gasteiger partial charge in [-0.2, -0.15) is 5.26 Å². The Labute approximate surface area is 158 Å². The van der Waals surface area contributed by atoms with Crippen molar-refractivity contribution < 1.29 is 14.4 Å². The molecule has 0 bridgehead atoms. The highest BCUT2D eigenvalue weighted by Gasteiger charge is 2.54. The summed E-state index contributed by atoms with van der Waals surface area (Å²) >= 11 is 0. The predicted octanol–water partition coefficient (Wildman–Crippen LogP) is 1.82. The lowest BCUT2D eigenvalue weighted by atomic mass is 9.76. The number of imide groups is 1. The van der Waals surface area contributed by atoms with Gasteiger partial charge >= 0.3 is 6.03 Å². The summed E-state index contributed by atoms with van der Waals surface area (Å²) < 4.78 is 0. The van der Waals surface area contributed by atoms with Gasteiger partial charge in [-0.05, 0) is 43.2 Å². The molecule has 1 aliphatic carbocycles. The van der Waals surface area contributed by atoms with E-state index in [1.807, 2.05) is 38.1 Å². The van der Waals surface area contributed by atoms with Crippen molar-refractivity contribution >= 4 is 17.8 Å². The molecule has 0 saturated carbocycles. The maximum Gasteiger partial charge on any atom is 0.325 e. The van der Waals surface area contributed by atoms with Gasteiger partial charge in [0.05, 0.1) is 6.07 Å². The minimum Gasteiger partial charge on any atom is -0.336 e. The van der Waals surface area contributed by atoms with Crippen LogP contribution in [0.25, 0.3) is 0 Å². The van der Waals surface area contributed by atoms with Crippen LogP contribution in [0.5, 0.6) is 0 Å². The first-order valence-electron chi connectivity index (χ1n) is 9.18. The maximum atomic E-state index is 13.2. The van der Waals surface area contributed by atoms with Crippen LogP contribution in [0.3, 0.4) is 0 Å². The topological polar surface area (TPSA) is 102 Å². The van der Waals surface area contributed by atoms with Crippen molar-refractivity contribution in [2.24, 2.45) is 5.92 Å². The van der Waals surface area contributed by atoms with Gasteiger partial charge in [-0.1, -0.05) is 38.1 Å². The fourth-order valence-electron chi connectivity index (χ4n) is 3.73. The zero-order valence-corrected chi connectivity index (χ0v) is 15.8. The molecule has 1 aliphatic heterocycles. The van der Waals surface area contributed by atoms with Gasteiger partial charge < -0.3 is 10.6 Å². The quantitative estimate of drug-likeness (QED) is 0.792. The molecule has 0 aromatic heterocycles. The molecule has 1 fully saturated rings. The van der Waals surface area contributed by atoms with Crippen LogP contribution in [0, 0.1) is 17.2 Å². The summed E-state index contributed by atoms with van der Waals surface area (Å²) in [6.07, 6.45) is 2.15. The molecule has 3 rings (SSSR count). The fraction of sp³-hybridized carbons (Fsp3) is 0.500. The third-order valence-electron chi connectivity index (χ3n) is 5.74. The molecule has 2 N–H and O–H groups in total. The second-order valence-corrected chi connectivity index (χ2v) is 7.75. The number of urea groups is 1. The van der Waals surface area contributed by atoms with Gasteiger partial charge in [-0.25, -0.2) is 4.79 Å². The summed E-state index contributed by atoms with van der Waals surface area (Å²) in [7, 11) is 0. The number of aryl methyl sites for hydroxylation is 1. The number of rotatable bonds is 4. The van der Waals surface area contributed by atoms with E-state index in [1.165, 1.54) is 0 Å². The largest absolute Gasteiger partial charge is 0.336 e. The van der Waals surface area contributed by atoms with E-state index in [4.69, 9.17) is 0 Å². The normalized spacial score (nSPS) is 23.6. The van der Waals surface area contributed by atoms with Crippen molar-refractivity contribution in [1.29, 1.82) is 5.26 Å². The summed E-state index contributed by atoms with van der Waals surface area (Å²) in [5.41, 5.74) is -0.309. The highest BCUT2D eigenvalue weighted by Crippen LogP contribution is 2.39. The Bertz CT molecular complexity index is 844. The van der Waals surface area contributed by atoms with Crippen LogP contribution in [-0.4, -0.2) is 34.8 Å². The molecule has 2 atom stereocenters. The Hall–Kier alpha value is -2.88. The standard InChI is InChI=1S/C20H24N4O3/c1-13(2)19(3,12-21)22-16(25)11-24-17(26)20(23-18(24)27)10-6-8-14-7-4-5-9-15(14)20/h4-5,7,9,13H,6,8,10-11H2,1-3H3,(H,22,25)(H,23,27)/t19-,20+/m0/s1. The van der Waals surface area contributed by atoms with Crippen LogP contribution >= 0.6 is 0 Å². The van der Waals surface area contributed by atoms with Gasteiger partial charge in [0.2, 0.25) is 5.91 Å². The molecular weight excluding hydrogens is 344 g/mol. The minimum absolute atomic E-state index is 0.119. The molecule has 1 spiro atoms. The van der Waals surface area contributed by atoms with E-state index in [2.05, 4.69) is 16.7 Å². The number of nitriles is 1.